The summed E-state index contributed by atoms with van der Waals surface area (Å²) in [7, 11) is 0.304. The molecule has 0 radical (unpaired) electrons. The maximum absolute atomic E-state index is 13.7. The number of benzene rings is 3. The van der Waals surface area contributed by atoms with E-state index in [1.807, 2.05) is 19.9 Å². The quantitative estimate of drug-likeness (QED) is 0.490. The van der Waals surface area contributed by atoms with Gasteiger partial charge in [0.25, 0.3) is 10.0 Å². The standard InChI is InChI=1S/C25H28N2O6S/c1-17-6-10-20(11-7-17)34(29,30)27(22-12-9-19(31-3)15-24(22)33-5)16-25(28)26-21-14-18(2)8-13-23(21)32-4/h6-15H,16H2,1-5H3,(H,26,28). The summed E-state index contributed by atoms with van der Waals surface area (Å²) in [6.07, 6.45) is 0. The van der Waals surface area contributed by atoms with Gasteiger partial charge >= 0.3 is 0 Å². The van der Waals surface area contributed by atoms with Gasteiger partial charge in [-0.2, -0.15) is 0 Å². The van der Waals surface area contributed by atoms with Crippen molar-refractivity contribution in [1.82, 2.24) is 0 Å². The topological polar surface area (TPSA) is 94.2 Å². The van der Waals surface area contributed by atoms with Crippen molar-refractivity contribution in [2.45, 2.75) is 18.7 Å². The SMILES string of the molecule is COc1ccc(N(CC(=O)Nc2cc(C)ccc2OC)S(=O)(=O)c2ccc(C)cc2)c(OC)c1. The van der Waals surface area contributed by atoms with Gasteiger partial charge in [0.15, 0.2) is 0 Å². The lowest BCUT2D eigenvalue weighted by molar-refractivity contribution is -0.114. The number of hydrogen-bond acceptors (Lipinski definition) is 6. The molecule has 0 bridgehead atoms. The number of carbonyl (C=O) groups excluding carboxylic acids is 1. The fourth-order valence-electron chi connectivity index (χ4n) is 3.37. The average molecular weight is 485 g/mol. The lowest BCUT2D eigenvalue weighted by atomic mass is 10.2. The van der Waals surface area contributed by atoms with Crippen molar-refractivity contribution in [1.29, 1.82) is 0 Å². The second-order valence-corrected chi connectivity index (χ2v) is 9.48. The van der Waals surface area contributed by atoms with E-state index in [1.165, 1.54) is 33.5 Å². The molecule has 9 heteroatoms. The Kier molecular flexibility index (Phi) is 7.68. The molecule has 180 valence electrons. The first-order valence-electron chi connectivity index (χ1n) is 10.5. The Morgan fingerprint density at radius 1 is 0.824 bits per heavy atom. The van der Waals surface area contributed by atoms with E-state index in [0.717, 1.165) is 15.4 Å². The van der Waals surface area contributed by atoms with Crippen molar-refractivity contribution in [2.75, 3.05) is 37.5 Å². The highest BCUT2D eigenvalue weighted by atomic mass is 32.2. The maximum atomic E-state index is 13.7. The van der Waals surface area contributed by atoms with Gasteiger partial charge in [-0.15, -0.1) is 0 Å². The second-order valence-electron chi connectivity index (χ2n) is 7.61. The van der Waals surface area contributed by atoms with Gasteiger partial charge in [-0.1, -0.05) is 23.8 Å². The number of carbonyl (C=O) groups is 1. The first kappa shape index (κ1) is 24.9. The molecule has 8 nitrogen and oxygen atoms in total. The first-order valence-corrected chi connectivity index (χ1v) is 11.9. The number of nitrogens with zero attached hydrogens (tertiary/aromatic N) is 1. The Balaban J connectivity index is 2.05. The van der Waals surface area contributed by atoms with Gasteiger partial charge in [0.05, 0.1) is 37.6 Å². The molecule has 0 spiro atoms. The Bertz CT molecular complexity index is 1270. The highest BCUT2D eigenvalue weighted by Gasteiger charge is 2.30. The van der Waals surface area contributed by atoms with Crippen LogP contribution in [-0.2, 0) is 14.8 Å². The van der Waals surface area contributed by atoms with Crippen LogP contribution in [0.25, 0.3) is 0 Å². The molecule has 0 heterocycles. The molecular formula is C25H28N2O6S. The predicted molar refractivity (Wildman–Crippen MR) is 132 cm³/mol. The van der Waals surface area contributed by atoms with Gasteiger partial charge in [0.2, 0.25) is 5.91 Å². The van der Waals surface area contributed by atoms with Crippen molar-refractivity contribution < 1.29 is 27.4 Å². The van der Waals surface area contributed by atoms with Crippen LogP contribution in [-0.4, -0.2) is 42.2 Å². The van der Waals surface area contributed by atoms with Gasteiger partial charge < -0.3 is 19.5 Å². The van der Waals surface area contributed by atoms with Crippen LogP contribution in [0.2, 0.25) is 0 Å². The lowest BCUT2D eigenvalue weighted by Gasteiger charge is -2.26. The monoisotopic (exact) mass is 484 g/mol. The van der Waals surface area contributed by atoms with E-state index in [-0.39, 0.29) is 16.3 Å². The molecule has 0 saturated heterocycles. The second kappa shape index (κ2) is 10.5. The highest BCUT2D eigenvalue weighted by Crippen LogP contribution is 2.35. The summed E-state index contributed by atoms with van der Waals surface area (Å²) in [5.41, 5.74) is 2.48. The van der Waals surface area contributed by atoms with Crippen molar-refractivity contribution in [2.24, 2.45) is 0 Å². The molecule has 0 aromatic heterocycles. The molecule has 0 fully saturated rings. The molecule has 0 aliphatic rings. The third-order valence-electron chi connectivity index (χ3n) is 5.18. The number of hydrogen-bond donors (Lipinski definition) is 1. The smallest absolute Gasteiger partial charge is 0.264 e. The van der Waals surface area contributed by atoms with Gasteiger partial charge in [-0.25, -0.2) is 8.42 Å². The summed E-state index contributed by atoms with van der Waals surface area (Å²) in [4.78, 5) is 13.1. The van der Waals surface area contributed by atoms with Gasteiger partial charge in [0, 0.05) is 6.07 Å². The Labute approximate surface area is 200 Å². The Morgan fingerprint density at radius 2 is 1.47 bits per heavy atom. The molecule has 1 amide bonds. The molecule has 1 N–H and O–H groups in total. The minimum Gasteiger partial charge on any atom is -0.497 e. The predicted octanol–water partition coefficient (Wildman–Crippen LogP) is 4.16. The number of sulfonamides is 1. The summed E-state index contributed by atoms with van der Waals surface area (Å²) in [5, 5.41) is 2.76. The van der Waals surface area contributed by atoms with Crippen LogP contribution in [0.15, 0.2) is 65.6 Å². The zero-order chi connectivity index (χ0) is 24.9. The van der Waals surface area contributed by atoms with Crippen molar-refractivity contribution >= 4 is 27.3 Å². The van der Waals surface area contributed by atoms with Crippen LogP contribution in [0.1, 0.15) is 11.1 Å². The molecule has 0 saturated carbocycles. The Hall–Kier alpha value is -3.72. The number of rotatable bonds is 9. The van der Waals surface area contributed by atoms with E-state index in [1.54, 1.807) is 42.5 Å². The zero-order valence-electron chi connectivity index (χ0n) is 19.8. The minimum atomic E-state index is -4.11. The summed E-state index contributed by atoms with van der Waals surface area (Å²) in [6, 6.07) is 16.5. The Morgan fingerprint density at radius 3 is 2.09 bits per heavy atom. The van der Waals surface area contributed by atoms with E-state index in [9.17, 15) is 13.2 Å². The van der Waals surface area contributed by atoms with Crippen molar-refractivity contribution in [3.8, 4) is 17.2 Å². The average Bonchev–Trinajstić information content (AvgIpc) is 2.82. The number of methoxy groups -OCH3 is 3. The van der Waals surface area contributed by atoms with Gasteiger partial charge in [-0.05, 0) is 55.8 Å². The number of aryl methyl sites for hydroxylation is 2. The fraction of sp³-hybridized carbons (Fsp3) is 0.240. The molecule has 3 rings (SSSR count). The molecule has 0 atom stereocenters. The highest BCUT2D eigenvalue weighted by molar-refractivity contribution is 7.92. The molecule has 0 unspecified atom stereocenters. The number of ether oxygens (including phenoxy) is 3. The van der Waals surface area contributed by atoms with E-state index >= 15 is 0 Å². The normalized spacial score (nSPS) is 11.0. The maximum Gasteiger partial charge on any atom is 0.264 e. The minimum absolute atomic E-state index is 0.0527. The van der Waals surface area contributed by atoms with Crippen molar-refractivity contribution in [3.05, 3.63) is 71.8 Å². The van der Waals surface area contributed by atoms with Crippen LogP contribution < -0.4 is 23.8 Å². The van der Waals surface area contributed by atoms with E-state index in [4.69, 9.17) is 14.2 Å². The lowest BCUT2D eigenvalue weighted by Crippen LogP contribution is -2.38. The van der Waals surface area contributed by atoms with Gasteiger partial charge in [0.1, 0.15) is 23.8 Å². The van der Waals surface area contributed by atoms with E-state index < -0.39 is 22.5 Å². The third-order valence-corrected chi connectivity index (χ3v) is 6.95. The van der Waals surface area contributed by atoms with Crippen molar-refractivity contribution in [3.63, 3.8) is 0 Å². The van der Waals surface area contributed by atoms with Crippen LogP contribution in [0.4, 0.5) is 11.4 Å². The zero-order valence-corrected chi connectivity index (χ0v) is 20.6. The first-order chi connectivity index (χ1) is 16.2. The number of nitrogens with one attached hydrogen (secondary N) is 1. The summed E-state index contributed by atoms with van der Waals surface area (Å²) < 4.78 is 44.3. The molecule has 3 aromatic carbocycles. The summed E-state index contributed by atoms with van der Waals surface area (Å²) in [6.45, 7) is 3.25. The molecule has 34 heavy (non-hydrogen) atoms. The van der Waals surface area contributed by atoms with Crippen LogP contribution in [0.5, 0.6) is 17.2 Å². The van der Waals surface area contributed by atoms with Crippen LogP contribution in [0, 0.1) is 13.8 Å². The van der Waals surface area contributed by atoms with Crippen LogP contribution in [0.3, 0.4) is 0 Å². The van der Waals surface area contributed by atoms with Crippen LogP contribution >= 0.6 is 0 Å². The molecule has 0 aliphatic carbocycles. The summed E-state index contributed by atoms with van der Waals surface area (Å²) in [5.74, 6) is 0.657. The summed E-state index contributed by atoms with van der Waals surface area (Å²) >= 11 is 0. The number of amides is 1. The van der Waals surface area contributed by atoms with E-state index in [0.29, 0.717) is 17.2 Å². The third kappa shape index (κ3) is 5.43. The number of anilines is 2. The fourth-order valence-corrected chi connectivity index (χ4v) is 4.80. The largest absolute Gasteiger partial charge is 0.497 e. The molecular weight excluding hydrogens is 456 g/mol. The molecule has 3 aromatic rings. The molecule has 0 aliphatic heterocycles. The van der Waals surface area contributed by atoms with E-state index in [2.05, 4.69) is 5.32 Å². The van der Waals surface area contributed by atoms with Gasteiger partial charge in [-0.3, -0.25) is 9.10 Å².